The minimum atomic E-state index is -0.463. The zero-order chi connectivity index (χ0) is 15.0. The molecule has 21 heavy (non-hydrogen) atoms. The Morgan fingerprint density at radius 3 is 2.19 bits per heavy atom. The van der Waals surface area contributed by atoms with Crippen molar-refractivity contribution in [2.75, 3.05) is 0 Å². The summed E-state index contributed by atoms with van der Waals surface area (Å²) in [6.07, 6.45) is 0. The van der Waals surface area contributed by atoms with Crippen LogP contribution in [-0.4, -0.2) is 0 Å². The predicted molar refractivity (Wildman–Crippen MR) is 86.9 cm³/mol. The first-order valence-electron chi connectivity index (χ1n) is 6.20. The van der Waals surface area contributed by atoms with Gasteiger partial charge in [0.05, 0.1) is 5.02 Å². The number of hydrogen-bond donors (Lipinski definition) is 2. The van der Waals surface area contributed by atoms with Crippen LogP contribution in [0.3, 0.4) is 0 Å². The number of fused-ring (bicyclic) bond motifs is 1. The standard InChI is InChI=1S/C15H11Cl3N2O/c16-9-4-2-5-10(17)13(9)14(20-19)12-7-8-3-1-6-11(18)15(8)21-12/h1-7,14,20H,19H2. The van der Waals surface area contributed by atoms with Crippen molar-refractivity contribution in [2.24, 2.45) is 5.84 Å². The van der Waals surface area contributed by atoms with Crippen molar-refractivity contribution < 1.29 is 4.42 Å². The second-order valence-corrected chi connectivity index (χ2v) is 5.76. The molecule has 0 spiro atoms. The molecule has 108 valence electrons. The van der Waals surface area contributed by atoms with E-state index in [0.29, 0.717) is 32.0 Å². The topological polar surface area (TPSA) is 51.2 Å². The molecule has 0 radical (unpaired) electrons. The highest BCUT2D eigenvalue weighted by molar-refractivity contribution is 6.36. The van der Waals surface area contributed by atoms with Crippen molar-refractivity contribution >= 4 is 45.8 Å². The molecule has 1 aromatic heterocycles. The molecule has 1 atom stereocenters. The molecule has 2 aromatic carbocycles. The van der Waals surface area contributed by atoms with E-state index < -0.39 is 6.04 Å². The number of hydrazine groups is 1. The van der Waals surface area contributed by atoms with E-state index in [1.807, 2.05) is 18.2 Å². The summed E-state index contributed by atoms with van der Waals surface area (Å²) in [6, 6.07) is 12.2. The minimum Gasteiger partial charge on any atom is -0.457 e. The number of halogens is 3. The highest BCUT2D eigenvalue weighted by atomic mass is 35.5. The van der Waals surface area contributed by atoms with Crippen LogP contribution in [0.4, 0.5) is 0 Å². The van der Waals surface area contributed by atoms with Gasteiger partial charge in [0, 0.05) is 21.0 Å². The molecule has 0 aliphatic rings. The number of nitrogens with one attached hydrogen (secondary N) is 1. The lowest BCUT2D eigenvalue weighted by atomic mass is 10.0. The number of furan rings is 1. The third kappa shape index (κ3) is 2.63. The van der Waals surface area contributed by atoms with Gasteiger partial charge in [-0.05, 0) is 24.3 Å². The highest BCUT2D eigenvalue weighted by Gasteiger charge is 2.22. The first-order valence-corrected chi connectivity index (χ1v) is 7.33. The van der Waals surface area contributed by atoms with Gasteiger partial charge < -0.3 is 4.42 Å². The third-order valence-corrected chi connectivity index (χ3v) is 4.21. The molecule has 0 saturated heterocycles. The molecular weight excluding hydrogens is 331 g/mol. The van der Waals surface area contributed by atoms with Crippen molar-refractivity contribution in [2.45, 2.75) is 6.04 Å². The number of rotatable bonds is 3. The van der Waals surface area contributed by atoms with Gasteiger partial charge >= 0.3 is 0 Å². The van der Waals surface area contributed by atoms with Crippen molar-refractivity contribution in [3.63, 3.8) is 0 Å². The Morgan fingerprint density at radius 1 is 0.952 bits per heavy atom. The maximum absolute atomic E-state index is 6.24. The Morgan fingerprint density at radius 2 is 1.57 bits per heavy atom. The zero-order valence-electron chi connectivity index (χ0n) is 10.7. The molecule has 0 amide bonds. The minimum absolute atomic E-state index is 0.463. The molecule has 0 aliphatic heterocycles. The summed E-state index contributed by atoms with van der Waals surface area (Å²) in [5, 5.41) is 2.45. The Hall–Kier alpha value is -1.23. The van der Waals surface area contributed by atoms with Gasteiger partial charge in [-0.25, -0.2) is 5.43 Å². The molecular formula is C15H11Cl3N2O. The monoisotopic (exact) mass is 340 g/mol. The summed E-state index contributed by atoms with van der Waals surface area (Å²) >= 11 is 18.6. The Bertz CT molecular complexity index is 780. The number of para-hydroxylation sites is 1. The van der Waals surface area contributed by atoms with Crippen LogP contribution in [-0.2, 0) is 0 Å². The average Bonchev–Trinajstić information content (AvgIpc) is 2.88. The molecule has 3 rings (SSSR count). The van der Waals surface area contributed by atoms with Gasteiger partial charge in [0.1, 0.15) is 11.8 Å². The first kappa shape index (κ1) is 14.7. The van der Waals surface area contributed by atoms with Gasteiger partial charge in [-0.2, -0.15) is 0 Å². The molecule has 0 aliphatic carbocycles. The second kappa shape index (κ2) is 5.87. The van der Waals surface area contributed by atoms with Gasteiger partial charge in [0.25, 0.3) is 0 Å². The SMILES string of the molecule is NNC(c1cc2cccc(Cl)c2o1)c1c(Cl)cccc1Cl. The Balaban J connectivity index is 2.16. The van der Waals surface area contributed by atoms with Gasteiger partial charge in [-0.1, -0.05) is 53.0 Å². The number of benzene rings is 2. The van der Waals surface area contributed by atoms with Crippen LogP contribution < -0.4 is 11.3 Å². The van der Waals surface area contributed by atoms with E-state index >= 15 is 0 Å². The number of hydrogen-bond acceptors (Lipinski definition) is 3. The fourth-order valence-corrected chi connectivity index (χ4v) is 3.12. The van der Waals surface area contributed by atoms with Gasteiger partial charge in [0.2, 0.25) is 0 Å². The van der Waals surface area contributed by atoms with Crippen molar-refractivity contribution in [1.82, 2.24) is 5.43 Å². The van der Waals surface area contributed by atoms with Crippen LogP contribution in [0.5, 0.6) is 0 Å². The summed E-state index contributed by atoms with van der Waals surface area (Å²) in [7, 11) is 0. The third-order valence-electron chi connectivity index (χ3n) is 3.25. The molecule has 0 saturated carbocycles. The summed E-state index contributed by atoms with van der Waals surface area (Å²) in [5.74, 6) is 6.27. The summed E-state index contributed by atoms with van der Waals surface area (Å²) in [6.45, 7) is 0. The average molecular weight is 342 g/mol. The summed E-state index contributed by atoms with van der Waals surface area (Å²) < 4.78 is 5.82. The molecule has 3 N–H and O–H groups in total. The maximum Gasteiger partial charge on any atom is 0.152 e. The van der Waals surface area contributed by atoms with Crippen molar-refractivity contribution in [3.8, 4) is 0 Å². The summed E-state index contributed by atoms with van der Waals surface area (Å²) in [4.78, 5) is 0. The normalized spacial score (nSPS) is 12.8. The lowest BCUT2D eigenvalue weighted by Crippen LogP contribution is -2.29. The molecule has 1 unspecified atom stereocenters. The molecule has 6 heteroatoms. The molecule has 0 bridgehead atoms. The quantitative estimate of drug-likeness (QED) is 0.524. The fourth-order valence-electron chi connectivity index (χ4n) is 2.28. The van der Waals surface area contributed by atoms with E-state index in [-0.39, 0.29) is 0 Å². The van der Waals surface area contributed by atoms with E-state index in [9.17, 15) is 0 Å². The van der Waals surface area contributed by atoms with Crippen molar-refractivity contribution in [3.05, 3.63) is 68.9 Å². The second-order valence-electron chi connectivity index (χ2n) is 4.54. The highest BCUT2D eigenvalue weighted by Crippen LogP contribution is 2.37. The number of nitrogens with two attached hydrogens (primary N) is 1. The van der Waals surface area contributed by atoms with Crippen LogP contribution in [0.2, 0.25) is 15.1 Å². The van der Waals surface area contributed by atoms with E-state index in [2.05, 4.69) is 5.43 Å². The van der Waals surface area contributed by atoms with Gasteiger partial charge in [0.15, 0.2) is 5.58 Å². The lowest BCUT2D eigenvalue weighted by molar-refractivity contribution is 0.477. The molecule has 1 heterocycles. The first-order chi connectivity index (χ1) is 10.1. The van der Waals surface area contributed by atoms with E-state index in [4.69, 9.17) is 45.1 Å². The zero-order valence-corrected chi connectivity index (χ0v) is 13.0. The van der Waals surface area contributed by atoms with Gasteiger partial charge in [-0.15, -0.1) is 0 Å². The summed E-state index contributed by atoms with van der Waals surface area (Å²) in [5.41, 5.74) is 3.97. The Kier molecular flexibility index (Phi) is 4.11. The van der Waals surface area contributed by atoms with Gasteiger partial charge in [-0.3, -0.25) is 5.84 Å². The fraction of sp³-hybridized carbons (Fsp3) is 0.0667. The smallest absolute Gasteiger partial charge is 0.152 e. The maximum atomic E-state index is 6.24. The molecule has 3 nitrogen and oxygen atoms in total. The van der Waals surface area contributed by atoms with Crippen LogP contribution in [0.1, 0.15) is 17.4 Å². The van der Waals surface area contributed by atoms with Crippen LogP contribution >= 0.6 is 34.8 Å². The van der Waals surface area contributed by atoms with Crippen LogP contribution in [0, 0.1) is 0 Å². The van der Waals surface area contributed by atoms with Crippen molar-refractivity contribution in [1.29, 1.82) is 0 Å². The molecule has 3 aromatic rings. The molecule has 0 fully saturated rings. The predicted octanol–water partition coefficient (Wildman–Crippen LogP) is 4.95. The Labute approximate surface area is 136 Å². The van der Waals surface area contributed by atoms with E-state index in [1.54, 1.807) is 24.3 Å². The largest absolute Gasteiger partial charge is 0.457 e. The van der Waals surface area contributed by atoms with Crippen LogP contribution in [0.15, 0.2) is 46.9 Å². The van der Waals surface area contributed by atoms with E-state index in [1.165, 1.54) is 0 Å². The van der Waals surface area contributed by atoms with E-state index in [0.717, 1.165) is 5.39 Å². The lowest BCUT2D eigenvalue weighted by Gasteiger charge is -2.16. The van der Waals surface area contributed by atoms with Crippen LogP contribution in [0.25, 0.3) is 11.0 Å².